The van der Waals surface area contributed by atoms with E-state index in [9.17, 15) is 9.00 Å². The van der Waals surface area contributed by atoms with E-state index in [2.05, 4.69) is 6.58 Å². The Morgan fingerprint density at radius 3 is 2.64 bits per heavy atom. The Bertz CT molecular complexity index is 987. The monoisotopic (exact) mass is 560 g/mol. The van der Waals surface area contributed by atoms with Gasteiger partial charge in [-0.1, -0.05) is 35.9 Å². The minimum Gasteiger partial charge on any atom is -0.489 e. The number of carbonyl (C=O) groups excluding carboxylic acids is 1. The lowest BCUT2D eigenvalue weighted by Gasteiger charge is -2.34. The van der Waals surface area contributed by atoms with Crippen LogP contribution >= 0.6 is 23.2 Å². The van der Waals surface area contributed by atoms with Crippen molar-refractivity contribution in [2.45, 2.75) is 75.9 Å². The SMILES string of the molecule is C=CCOc1cc(Cl)c(Cl)cc1[C@H](CC(C)(C)S(N)=O)C1CCCN(C(=O)[C@H]2COC(C)(C)O2)CC1. The van der Waals surface area contributed by atoms with Crippen molar-refractivity contribution < 1.29 is 23.2 Å². The fraction of sp³-hybridized carbons (Fsp3) is 0.654. The maximum absolute atomic E-state index is 13.2. The first-order valence-electron chi connectivity index (χ1n) is 12.3. The molecule has 2 saturated heterocycles. The average molecular weight is 562 g/mol. The molecule has 2 aliphatic rings. The number of likely N-dealkylation sites (tertiary alicyclic amines) is 1. The molecule has 1 aromatic carbocycles. The summed E-state index contributed by atoms with van der Waals surface area (Å²) in [6, 6.07) is 3.58. The molecule has 0 radical (unpaired) electrons. The molecule has 36 heavy (non-hydrogen) atoms. The highest BCUT2D eigenvalue weighted by Crippen LogP contribution is 2.45. The van der Waals surface area contributed by atoms with Gasteiger partial charge in [-0.2, -0.15) is 0 Å². The van der Waals surface area contributed by atoms with E-state index in [-0.39, 0.29) is 24.3 Å². The van der Waals surface area contributed by atoms with Gasteiger partial charge in [0.15, 0.2) is 11.9 Å². The molecule has 0 bridgehead atoms. The molecular formula is C26H38Cl2N2O5S. The minimum atomic E-state index is -1.54. The Balaban J connectivity index is 1.88. The van der Waals surface area contributed by atoms with Gasteiger partial charge in [-0.05, 0) is 76.8 Å². The van der Waals surface area contributed by atoms with Gasteiger partial charge in [-0.25, -0.2) is 4.21 Å². The lowest BCUT2D eigenvalue weighted by molar-refractivity contribution is -0.160. The number of hydrogen-bond donors (Lipinski definition) is 1. The molecule has 7 nitrogen and oxygen atoms in total. The molecule has 10 heteroatoms. The maximum Gasteiger partial charge on any atom is 0.254 e. The summed E-state index contributed by atoms with van der Waals surface area (Å²) in [7, 11) is -1.54. The van der Waals surface area contributed by atoms with Crippen molar-refractivity contribution in [2.24, 2.45) is 11.1 Å². The summed E-state index contributed by atoms with van der Waals surface area (Å²) < 4.78 is 29.2. The van der Waals surface area contributed by atoms with E-state index >= 15 is 0 Å². The maximum atomic E-state index is 13.2. The third kappa shape index (κ3) is 7.23. The van der Waals surface area contributed by atoms with Gasteiger partial charge in [0.2, 0.25) is 0 Å². The molecule has 4 atom stereocenters. The smallest absolute Gasteiger partial charge is 0.254 e. The van der Waals surface area contributed by atoms with Crippen LogP contribution in [0.1, 0.15) is 64.9 Å². The van der Waals surface area contributed by atoms with Crippen LogP contribution in [-0.4, -0.2) is 58.0 Å². The molecule has 0 saturated carbocycles. The van der Waals surface area contributed by atoms with Crippen LogP contribution in [0.5, 0.6) is 5.75 Å². The van der Waals surface area contributed by atoms with Gasteiger partial charge in [0, 0.05) is 19.2 Å². The molecule has 0 aromatic heterocycles. The number of hydrogen-bond acceptors (Lipinski definition) is 5. The second kappa shape index (κ2) is 12.1. The van der Waals surface area contributed by atoms with Crippen molar-refractivity contribution in [2.75, 3.05) is 26.3 Å². The van der Waals surface area contributed by atoms with E-state index in [1.54, 1.807) is 12.1 Å². The summed E-state index contributed by atoms with van der Waals surface area (Å²) in [5.74, 6) is -0.0262. The van der Waals surface area contributed by atoms with E-state index in [1.807, 2.05) is 38.7 Å². The molecule has 2 aliphatic heterocycles. The van der Waals surface area contributed by atoms with Crippen molar-refractivity contribution in [3.8, 4) is 5.75 Å². The number of amides is 1. The van der Waals surface area contributed by atoms with Gasteiger partial charge in [0.1, 0.15) is 12.4 Å². The number of ether oxygens (including phenoxy) is 3. The molecule has 3 rings (SSSR count). The average Bonchev–Trinajstić information content (AvgIpc) is 3.01. The Hall–Kier alpha value is -1.16. The Kier molecular flexibility index (Phi) is 9.91. The predicted molar refractivity (Wildman–Crippen MR) is 145 cm³/mol. The number of benzene rings is 1. The minimum absolute atomic E-state index is 0.0364. The topological polar surface area (TPSA) is 91.1 Å². The van der Waals surface area contributed by atoms with Gasteiger partial charge in [0.25, 0.3) is 5.91 Å². The molecule has 1 amide bonds. The zero-order valence-electron chi connectivity index (χ0n) is 21.6. The molecule has 0 spiro atoms. The summed E-state index contributed by atoms with van der Waals surface area (Å²) in [5, 5.41) is 6.72. The lowest BCUT2D eigenvalue weighted by atomic mass is 9.76. The second-order valence-electron chi connectivity index (χ2n) is 10.6. The van der Waals surface area contributed by atoms with Gasteiger partial charge < -0.3 is 19.1 Å². The number of halogens is 2. The summed E-state index contributed by atoms with van der Waals surface area (Å²) in [4.78, 5) is 15.0. The fourth-order valence-electron chi connectivity index (χ4n) is 5.01. The molecule has 1 aromatic rings. The van der Waals surface area contributed by atoms with Gasteiger partial charge in [-0.15, -0.1) is 0 Å². The molecule has 2 N–H and O–H groups in total. The van der Waals surface area contributed by atoms with Crippen LogP contribution in [0.2, 0.25) is 10.0 Å². The van der Waals surface area contributed by atoms with Crippen LogP contribution in [0.4, 0.5) is 0 Å². The zero-order chi connectivity index (χ0) is 26.7. The van der Waals surface area contributed by atoms with Crippen LogP contribution < -0.4 is 9.88 Å². The van der Waals surface area contributed by atoms with Gasteiger partial charge in [-0.3, -0.25) is 9.93 Å². The van der Waals surface area contributed by atoms with Crippen LogP contribution in [0.3, 0.4) is 0 Å². The summed E-state index contributed by atoms with van der Waals surface area (Å²) >= 11 is 12.8. The molecule has 2 fully saturated rings. The van der Waals surface area contributed by atoms with Crippen molar-refractivity contribution in [3.63, 3.8) is 0 Å². The van der Waals surface area contributed by atoms with Crippen LogP contribution in [0, 0.1) is 5.92 Å². The van der Waals surface area contributed by atoms with Crippen LogP contribution in [0.15, 0.2) is 24.8 Å². The van der Waals surface area contributed by atoms with E-state index in [0.717, 1.165) is 24.8 Å². The molecule has 2 unspecified atom stereocenters. The van der Waals surface area contributed by atoms with Crippen LogP contribution in [-0.2, 0) is 25.3 Å². The number of nitrogens with zero attached hydrogens (tertiary/aromatic N) is 1. The standard InChI is InChI=1S/C26H38Cl2N2O5S/c1-6-12-33-22-14-21(28)20(27)13-18(22)19(15-25(2,3)36(29)32)17-8-7-10-30(11-9-17)24(31)23-16-34-26(4,5)35-23/h6,13-14,17,19,23H,1,7-12,15-16,29H2,2-5H3/t17?,19-,23-,36?/m1/s1. The highest BCUT2D eigenvalue weighted by Gasteiger charge is 2.40. The highest BCUT2D eigenvalue weighted by molar-refractivity contribution is 7.84. The number of rotatable bonds is 9. The molecule has 0 aliphatic carbocycles. The normalized spacial score (nSPS) is 24.1. The van der Waals surface area contributed by atoms with Crippen molar-refractivity contribution in [3.05, 3.63) is 40.4 Å². The molecular weight excluding hydrogens is 523 g/mol. The predicted octanol–water partition coefficient (Wildman–Crippen LogP) is 5.21. The van der Waals surface area contributed by atoms with Crippen LogP contribution in [0.25, 0.3) is 0 Å². The summed E-state index contributed by atoms with van der Waals surface area (Å²) in [6.07, 6.45) is 4.13. The largest absolute Gasteiger partial charge is 0.489 e. The third-order valence-electron chi connectivity index (χ3n) is 7.00. The van der Waals surface area contributed by atoms with E-state index in [0.29, 0.717) is 41.9 Å². The Morgan fingerprint density at radius 1 is 1.33 bits per heavy atom. The fourth-order valence-corrected chi connectivity index (χ4v) is 5.68. The number of nitrogens with two attached hydrogens (primary N) is 1. The first-order valence-corrected chi connectivity index (χ1v) is 14.3. The highest BCUT2D eigenvalue weighted by atomic mass is 35.5. The summed E-state index contributed by atoms with van der Waals surface area (Å²) in [6.45, 7) is 13.0. The number of carbonyl (C=O) groups is 1. The first kappa shape index (κ1) is 29.4. The van der Waals surface area contributed by atoms with E-state index in [1.165, 1.54) is 0 Å². The van der Waals surface area contributed by atoms with Crippen molar-refractivity contribution in [1.29, 1.82) is 0 Å². The van der Waals surface area contributed by atoms with Crippen molar-refractivity contribution >= 4 is 40.1 Å². The Morgan fingerprint density at radius 2 is 2.03 bits per heavy atom. The molecule has 202 valence electrons. The Labute approximate surface area is 227 Å². The lowest BCUT2D eigenvalue weighted by Crippen LogP contribution is -2.41. The first-order chi connectivity index (χ1) is 16.8. The van der Waals surface area contributed by atoms with E-state index in [4.69, 9.17) is 42.6 Å². The summed E-state index contributed by atoms with van der Waals surface area (Å²) in [5.41, 5.74) is 0.906. The van der Waals surface area contributed by atoms with Gasteiger partial charge >= 0.3 is 0 Å². The van der Waals surface area contributed by atoms with Gasteiger partial charge in [0.05, 0.1) is 32.4 Å². The second-order valence-corrected chi connectivity index (χ2v) is 13.1. The molecule has 2 heterocycles. The zero-order valence-corrected chi connectivity index (χ0v) is 23.9. The van der Waals surface area contributed by atoms with Crippen molar-refractivity contribution in [1.82, 2.24) is 4.90 Å². The quantitative estimate of drug-likeness (QED) is 0.418. The van der Waals surface area contributed by atoms with E-state index < -0.39 is 27.6 Å². The third-order valence-corrected chi connectivity index (χ3v) is 8.98.